The summed E-state index contributed by atoms with van der Waals surface area (Å²) in [6, 6.07) is 14.5. The number of aliphatic carboxylic acids is 1. The average molecular weight is 621 g/mol. The lowest BCUT2D eigenvalue weighted by Gasteiger charge is -2.35. The smallest absolute Gasteiger partial charge is 0.409 e. The third-order valence-corrected chi connectivity index (χ3v) is 7.12. The Morgan fingerprint density at radius 2 is 1.64 bits per heavy atom. The molecule has 2 N–H and O–H groups in total. The third kappa shape index (κ3) is 8.68. The van der Waals surface area contributed by atoms with E-state index in [0.717, 1.165) is 11.1 Å². The van der Waals surface area contributed by atoms with E-state index in [9.17, 15) is 29.1 Å². The number of nitrogens with one attached hydrogen (secondary N) is 1. The van der Waals surface area contributed by atoms with Crippen LogP contribution in [0.5, 0.6) is 5.75 Å². The Morgan fingerprint density at radius 3 is 2.31 bits per heavy atom. The Kier molecular flexibility index (Phi) is 10.9. The minimum absolute atomic E-state index is 0.0637. The van der Waals surface area contributed by atoms with Gasteiger partial charge in [-0.05, 0) is 44.0 Å². The number of carbonyl (C=O) groups is 5. The molecule has 238 valence electrons. The minimum atomic E-state index is -1.39. The number of carbonyl (C=O) groups excluding carboxylic acids is 4. The lowest BCUT2D eigenvalue weighted by Crippen LogP contribution is -2.56. The zero-order valence-corrected chi connectivity index (χ0v) is 25.4. The zero-order chi connectivity index (χ0) is 32.5. The van der Waals surface area contributed by atoms with Crippen LogP contribution in [-0.2, 0) is 30.5 Å². The molecule has 2 aromatic carbocycles. The summed E-state index contributed by atoms with van der Waals surface area (Å²) in [6.07, 6.45) is -2.19. The van der Waals surface area contributed by atoms with Crippen molar-refractivity contribution in [3.05, 3.63) is 71.4 Å². The van der Waals surface area contributed by atoms with Gasteiger partial charge in [0.05, 0.1) is 18.5 Å². The summed E-state index contributed by atoms with van der Waals surface area (Å²) < 4.78 is 16.4. The number of rotatable bonds is 11. The molecule has 45 heavy (non-hydrogen) atoms. The van der Waals surface area contributed by atoms with E-state index in [1.807, 2.05) is 43.3 Å². The van der Waals surface area contributed by atoms with Crippen LogP contribution in [0.25, 0.3) is 10.9 Å². The van der Waals surface area contributed by atoms with E-state index < -0.39 is 48.4 Å². The Labute approximate surface area is 260 Å². The highest BCUT2D eigenvalue weighted by atomic mass is 16.6. The van der Waals surface area contributed by atoms with Crippen LogP contribution < -0.4 is 10.1 Å². The zero-order valence-electron chi connectivity index (χ0n) is 25.4. The Balaban J connectivity index is 1.50. The standard InChI is InChI=1S/C32H36N4O9/c1-4-43-32(42)36-14-12-35(13-15-36)30(40)26(18-28(37)38)34-29(39)25-17-27(23-11-10-20(2)16-24(23)33-25)45-21(3)31(41)44-19-22-8-6-5-7-9-22/h5-11,16-17,21,26H,4,12-15,18-19H2,1-3H3,(H,34,39)(H,37,38)/t21-,26+/m1/s1. The van der Waals surface area contributed by atoms with Gasteiger partial charge in [-0.15, -0.1) is 0 Å². The molecule has 1 aromatic heterocycles. The average Bonchev–Trinajstić information content (AvgIpc) is 3.03. The number of esters is 1. The van der Waals surface area contributed by atoms with Crippen molar-refractivity contribution in [1.82, 2.24) is 20.1 Å². The van der Waals surface area contributed by atoms with Crippen LogP contribution in [-0.4, -0.2) is 94.7 Å². The molecule has 0 bridgehead atoms. The summed E-state index contributed by atoms with van der Waals surface area (Å²) in [4.78, 5) is 70.5. The highest BCUT2D eigenvalue weighted by Crippen LogP contribution is 2.28. The quantitative estimate of drug-likeness (QED) is 0.305. The normalized spacial score (nSPS) is 14.3. The molecule has 3 aromatic rings. The van der Waals surface area contributed by atoms with Crippen LogP contribution in [0.3, 0.4) is 0 Å². The second-order valence-corrected chi connectivity index (χ2v) is 10.5. The van der Waals surface area contributed by atoms with E-state index in [-0.39, 0.29) is 50.8 Å². The van der Waals surface area contributed by atoms with E-state index in [0.29, 0.717) is 10.9 Å². The topological polar surface area (TPSA) is 165 Å². The van der Waals surface area contributed by atoms with Gasteiger partial charge < -0.3 is 34.4 Å². The molecule has 3 amide bonds. The van der Waals surface area contributed by atoms with E-state index >= 15 is 0 Å². The van der Waals surface area contributed by atoms with Crippen molar-refractivity contribution in [2.24, 2.45) is 0 Å². The summed E-state index contributed by atoms with van der Waals surface area (Å²) in [5, 5.41) is 12.6. The lowest BCUT2D eigenvalue weighted by molar-refractivity contribution is -0.152. The number of carboxylic acids is 1. The van der Waals surface area contributed by atoms with E-state index in [1.165, 1.54) is 22.8 Å². The minimum Gasteiger partial charge on any atom is -0.481 e. The number of pyridine rings is 1. The summed E-state index contributed by atoms with van der Waals surface area (Å²) in [7, 11) is 0. The van der Waals surface area contributed by atoms with Gasteiger partial charge in [0, 0.05) is 37.6 Å². The van der Waals surface area contributed by atoms with Crippen molar-refractivity contribution in [2.45, 2.75) is 45.9 Å². The predicted octanol–water partition coefficient (Wildman–Crippen LogP) is 2.93. The number of ether oxygens (including phenoxy) is 3. The molecule has 13 heteroatoms. The van der Waals surface area contributed by atoms with Gasteiger partial charge >= 0.3 is 18.0 Å². The van der Waals surface area contributed by atoms with Crippen LogP contribution >= 0.6 is 0 Å². The molecule has 1 aliphatic heterocycles. The molecule has 4 rings (SSSR count). The molecule has 0 saturated carbocycles. The Hall–Kier alpha value is -5.20. The molecule has 1 fully saturated rings. The molecule has 0 unspecified atom stereocenters. The predicted molar refractivity (Wildman–Crippen MR) is 161 cm³/mol. The molecular formula is C32H36N4O9. The van der Waals surface area contributed by atoms with Gasteiger partial charge in [-0.2, -0.15) is 0 Å². The van der Waals surface area contributed by atoms with E-state index in [2.05, 4.69) is 10.3 Å². The first kappa shape index (κ1) is 32.7. The first-order valence-corrected chi connectivity index (χ1v) is 14.6. The van der Waals surface area contributed by atoms with Gasteiger partial charge in [0.15, 0.2) is 6.10 Å². The van der Waals surface area contributed by atoms with Gasteiger partial charge in [-0.1, -0.05) is 36.4 Å². The monoisotopic (exact) mass is 620 g/mol. The summed E-state index contributed by atoms with van der Waals surface area (Å²) in [5.41, 5.74) is 1.94. The first-order chi connectivity index (χ1) is 21.5. The molecular weight excluding hydrogens is 584 g/mol. The highest BCUT2D eigenvalue weighted by molar-refractivity contribution is 6.00. The van der Waals surface area contributed by atoms with Gasteiger partial charge in [0.25, 0.3) is 5.91 Å². The maximum Gasteiger partial charge on any atom is 0.409 e. The number of aryl methyl sites for hydroxylation is 1. The van der Waals surface area contributed by atoms with E-state index in [1.54, 1.807) is 19.1 Å². The SMILES string of the molecule is CCOC(=O)N1CCN(C(=O)[C@H](CC(=O)O)NC(=O)c2cc(O[C@H](C)C(=O)OCc3ccccc3)c3ccc(C)cc3n2)CC1. The van der Waals surface area contributed by atoms with Crippen molar-refractivity contribution >= 4 is 40.7 Å². The summed E-state index contributed by atoms with van der Waals surface area (Å²) in [5.74, 6) is -3.11. The highest BCUT2D eigenvalue weighted by Gasteiger charge is 2.32. The van der Waals surface area contributed by atoms with Crippen LogP contribution in [0.4, 0.5) is 4.79 Å². The van der Waals surface area contributed by atoms with Gasteiger partial charge in [0.2, 0.25) is 5.91 Å². The Morgan fingerprint density at radius 1 is 0.956 bits per heavy atom. The fourth-order valence-corrected chi connectivity index (χ4v) is 4.76. The molecule has 2 atom stereocenters. The second kappa shape index (κ2) is 15.0. The fourth-order valence-electron chi connectivity index (χ4n) is 4.76. The second-order valence-electron chi connectivity index (χ2n) is 10.5. The van der Waals surface area contributed by atoms with Crippen molar-refractivity contribution in [2.75, 3.05) is 32.8 Å². The van der Waals surface area contributed by atoms with Crippen LogP contribution in [0, 0.1) is 6.92 Å². The number of piperazine rings is 1. The number of fused-ring (bicyclic) bond motifs is 1. The van der Waals surface area contributed by atoms with Crippen molar-refractivity contribution in [3.8, 4) is 5.75 Å². The first-order valence-electron chi connectivity index (χ1n) is 14.6. The maximum atomic E-state index is 13.4. The molecule has 0 spiro atoms. The van der Waals surface area contributed by atoms with Crippen LogP contribution in [0.1, 0.15) is 41.9 Å². The van der Waals surface area contributed by atoms with Crippen molar-refractivity contribution in [3.63, 3.8) is 0 Å². The molecule has 1 aliphatic rings. The number of nitrogens with zero attached hydrogens (tertiary/aromatic N) is 3. The van der Waals surface area contributed by atoms with Crippen molar-refractivity contribution in [1.29, 1.82) is 0 Å². The number of hydrogen-bond donors (Lipinski definition) is 2. The van der Waals surface area contributed by atoms with Gasteiger partial charge in [0.1, 0.15) is 24.1 Å². The van der Waals surface area contributed by atoms with Crippen molar-refractivity contribution < 1.29 is 43.3 Å². The van der Waals surface area contributed by atoms with Crippen LogP contribution in [0.2, 0.25) is 0 Å². The third-order valence-electron chi connectivity index (χ3n) is 7.12. The Bertz CT molecular complexity index is 1550. The molecule has 13 nitrogen and oxygen atoms in total. The molecule has 1 saturated heterocycles. The number of benzene rings is 2. The fraction of sp³-hybridized carbons (Fsp3) is 0.375. The largest absolute Gasteiger partial charge is 0.481 e. The lowest BCUT2D eigenvalue weighted by atomic mass is 10.1. The molecule has 0 aliphatic carbocycles. The summed E-state index contributed by atoms with van der Waals surface area (Å²) >= 11 is 0. The molecule has 0 radical (unpaired) electrons. The number of carboxylic acid groups (broad SMARTS) is 1. The van der Waals surface area contributed by atoms with Gasteiger partial charge in [-0.25, -0.2) is 14.6 Å². The maximum absolute atomic E-state index is 13.4. The van der Waals surface area contributed by atoms with E-state index in [4.69, 9.17) is 14.2 Å². The number of amides is 3. The van der Waals surface area contributed by atoms with Gasteiger partial charge in [-0.3, -0.25) is 14.4 Å². The summed E-state index contributed by atoms with van der Waals surface area (Å²) in [6.45, 7) is 6.05. The molecule has 2 heterocycles. The number of hydrogen-bond acceptors (Lipinski definition) is 9. The number of aromatic nitrogens is 1. The van der Waals surface area contributed by atoms with Crippen LogP contribution in [0.15, 0.2) is 54.6 Å².